The van der Waals surface area contributed by atoms with Crippen molar-refractivity contribution < 1.29 is 4.74 Å². The molecule has 0 unspecified atom stereocenters. The van der Waals surface area contributed by atoms with Gasteiger partial charge in [0.2, 0.25) is 0 Å². The van der Waals surface area contributed by atoms with Crippen molar-refractivity contribution in [3.8, 4) is 5.75 Å². The van der Waals surface area contributed by atoms with E-state index in [4.69, 9.17) is 9.84 Å². The first-order valence-corrected chi connectivity index (χ1v) is 8.78. The summed E-state index contributed by atoms with van der Waals surface area (Å²) in [6.07, 6.45) is 4.31. The minimum atomic E-state index is 0.0780. The fraction of sp³-hybridized carbons (Fsp3) is 0.550. The van der Waals surface area contributed by atoms with Crippen molar-refractivity contribution in [2.24, 2.45) is 7.05 Å². The number of hydrogen-bond acceptors (Lipinski definition) is 3. The van der Waals surface area contributed by atoms with E-state index in [1.165, 1.54) is 22.4 Å². The summed E-state index contributed by atoms with van der Waals surface area (Å²) < 4.78 is 7.51. The van der Waals surface area contributed by atoms with Gasteiger partial charge in [0.05, 0.1) is 12.8 Å². The molecule has 1 aliphatic heterocycles. The standard InChI is InChI=1S/C20H29N3O/c1-20(2,3)19-16(13-22(4)21-19)14-23-11-9-15-7-6-8-18(24-5)17(15)10-12-23/h6-8,13H,9-12,14H2,1-5H3. The van der Waals surface area contributed by atoms with Crippen molar-refractivity contribution in [1.82, 2.24) is 14.7 Å². The highest BCUT2D eigenvalue weighted by Gasteiger charge is 2.24. The zero-order valence-corrected chi connectivity index (χ0v) is 15.6. The van der Waals surface area contributed by atoms with E-state index in [0.717, 1.165) is 38.2 Å². The number of hydrogen-bond donors (Lipinski definition) is 0. The predicted molar refractivity (Wildman–Crippen MR) is 97.6 cm³/mol. The molecule has 0 spiro atoms. The highest BCUT2D eigenvalue weighted by atomic mass is 16.5. The van der Waals surface area contributed by atoms with E-state index in [2.05, 4.69) is 50.1 Å². The van der Waals surface area contributed by atoms with Crippen LogP contribution >= 0.6 is 0 Å². The Labute approximate surface area is 145 Å². The molecule has 4 nitrogen and oxygen atoms in total. The molecule has 1 aliphatic rings. The number of rotatable bonds is 3. The molecule has 2 heterocycles. The second-order valence-corrected chi connectivity index (χ2v) is 7.80. The maximum Gasteiger partial charge on any atom is 0.122 e. The van der Waals surface area contributed by atoms with Crippen LogP contribution in [0.25, 0.3) is 0 Å². The van der Waals surface area contributed by atoms with E-state index in [0.29, 0.717) is 0 Å². The molecular formula is C20H29N3O. The first kappa shape index (κ1) is 17.0. The van der Waals surface area contributed by atoms with Crippen LogP contribution in [-0.2, 0) is 31.8 Å². The number of methoxy groups -OCH3 is 1. The van der Waals surface area contributed by atoms with Gasteiger partial charge in [-0.2, -0.15) is 5.10 Å². The Morgan fingerprint density at radius 3 is 2.62 bits per heavy atom. The maximum absolute atomic E-state index is 5.56. The topological polar surface area (TPSA) is 30.3 Å². The molecule has 3 rings (SSSR count). The molecule has 0 atom stereocenters. The molecule has 0 fully saturated rings. The van der Waals surface area contributed by atoms with E-state index >= 15 is 0 Å². The van der Waals surface area contributed by atoms with Gasteiger partial charge in [-0.3, -0.25) is 9.58 Å². The number of fused-ring (bicyclic) bond motifs is 1. The molecule has 1 aromatic carbocycles. The fourth-order valence-electron chi connectivity index (χ4n) is 3.66. The molecule has 130 valence electrons. The largest absolute Gasteiger partial charge is 0.496 e. The van der Waals surface area contributed by atoms with Gasteiger partial charge in [-0.05, 0) is 30.0 Å². The van der Waals surface area contributed by atoms with Gasteiger partial charge in [0, 0.05) is 43.9 Å². The first-order valence-electron chi connectivity index (χ1n) is 8.78. The van der Waals surface area contributed by atoms with Crippen molar-refractivity contribution in [3.05, 3.63) is 46.8 Å². The number of aromatic nitrogens is 2. The summed E-state index contributed by atoms with van der Waals surface area (Å²) in [5.74, 6) is 1.03. The quantitative estimate of drug-likeness (QED) is 0.866. The summed E-state index contributed by atoms with van der Waals surface area (Å²) in [5.41, 5.74) is 5.45. The van der Waals surface area contributed by atoms with Crippen LogP contribution in [0.2, 0.25) is 0 Å². The normalized spacial score (nSPS) is 15.9. The average Bonchev–Trinajstić information content (AvgIpc) is 2.78. The fourth-order valence-corrected chi connectivity index (χ4v) is 3.66. The molecule has 0 aliphatic carbocycles. The second kappa shape index (κ2) is 6.60. The first-order chi connectivity index (χ1) is 11.4. The Balaban J connectivity index is 1.78. The van der Waals surface area contributed by atoms with Gasteiger partial charge < -0.3 is 4.74 Å². The lowest BCUT2D eigenvalue weighted by molar-refractivity contribution is 0.276. The van der Waals surface area contributed by atoms with E-state index in [1.54, 1.807) is 7.11 Å². The lowest BCUT2D eigenvalue weighted by Crippen LogP contribution is -2.27. The highest BCUT2D eigenvalue weighted by Crippen LogP contribution is 2.28. The smallest absolute Gasteiger partial charge is 0.122 e. The van der Waals surface area contributed by atoms with Crippen LogP contribution in [0.15, 0.2) is 24.4 Å². The Bertz CT molecular complexity index is 712. The monoisotopic (exact) mass is 327 g/mol. The molecule has 4 heteroatoms. The Hall–Kier alpha value is -1.81. The highest BCUT2D eigenvalue weighted by molar-refractivity contribution is 5.41. The molecule has 0 amide bonds. The third-order valence-electron chi connectivity index (χ3n) is 4.83. The average molecular weight is 327 g/mol. The molecule has 0 bridgehead atoms. The van der Waals surface area contributed by atoms with Crippen molar-refractivity contribution in [2.45, 2.75) is 45.6 Å². The number of nitrogens with zero attached hydrogens (tertiary/aromatic N) is 3. The molecule has 1 aromatic heterocycles. The van der Waals surface area contributed by atoms with Crippen molar-refractivity contribution in [1.29, 1.82) is 0 Å². The van der Waals surface area contributed by atoms with E-state index in [-0.39, 0.29) is 5.41 Å². The third kappa shape index (κ3) is 3.48. The zero-order valence-electron chi connectivity index (χ0n) is 15.6. The Morgan fingerprint density at radius 1 is 1.17 bits per heavy atom. The maximum atomic E-state index is 5.56. The van der Waals surface area contributed by atoms with Gasteiger partial charge in [-0.15, -0.1) is 0 Å². The Kier molecular flexibility index (Phi) is 4.68. The van der Waals surface area contributed by atoms with E-state index < -0.39 is 0 Å². The third-order valence-corrected chi connectivity index (χ3v) is 4.83. The van der Waals surface area contributed by atoms with Crippen molar-refractivity contribution in [3.63, 3.8) is 0 Å². The predicted octanol–water partition coefficient (Wildman–Crippen LogP) is 3.33. The van der Waals surface area contributed by atoms with Crippen LogP contribution in [-0.4, -0.2) is 34.9 Å². The molecule has 24 heavy (non-hydrogen) atoms. The molecule has 0 saturated carbocycles. The minimum absolute atomic E-state index is 0.0780. The molecule has 2 aromatic rings. The van der Waals surface area contributed by atoms with E-state index in [1.807, 2.05) is 11.7 Å². The molecular weight excluding hydrogens is 298 g/mol. The Morgan fingerprint density at radius 2 is 1.92 bits per heavy atom. The minimum Gasteiger partial charge on any atom is -0.496 e. The molecule has 0 saturated heterocycles. The summed E-state index contributed by atoms with van der Waals surface area (Å²) in [6.45, 7) is 9.83. The summed E-state index contributed by atoms with van der Waals surface area (Å²) in [6, 6.07) is 6.42. The van der Waals surface area contributed by atoms with Gasteiger partial charge in [-0.25, -0.2) is 0 Å². The molecule has 0 N–H and O–H groups in total. The van der Waals surface area contributed by atoms with Gasteiger partial charge in [0.1, 0.15) is 5.75 Å². The van der Waals surface area contributed by atoms with Crippen molar-refractivity contribution in [2.75, 3.05) is 20.2 Å². The number of benzene rings is 1. The SMILES string of the molecule is COc1cccc2c1CCN(Cc1cn(C)nc1C(C)(C)C)CC2. The van der Waals surface area contributed by atoms with Gasteiger partial charge in [-0.1, -0.05) is 32.9 Å². The zero-order chi connectivity index (χ0) is 17.3. The van der Waals surface area contributed by atoms with Crippen LogP contribution in [0.3, 0.4) is 0 Å². The lowest BCUT2D eigenvalue weighted by atomic mass is 9.89. The van der Waals surface area contributed by atoms with Crippen LogP contribution in [0, 0.1) is 0 Å². The van der Waals surface area contributed by atoms with Crippen LogP contribution in [0.1, 0.15) is 43.2 Å². The summed E-state index contributed by atoms with van der Waals surface area (Å²) >= 11 is 0. The molecule has 0 radical (unpaired) electrons. The van der Waals surface area contributed by atoms with Gasteiger partial charge >= 0.3 is 0 Å². The lowest BCUT2D eigenvalue weighted by Gasteiger charge is -2.23. The van der Waals surface area contributed by atoms with E-state index in [9.17, 15) is 0 Å². The van der Waals surface area contributed by atoms with Crippen molar-refractivity contribution >= 4 is 0 Å². The number of aryl methyl sites for hydroxylation is 1. The second-order valence-electron chi connectivity index (χ2n) is 7.80. The van der Waals surface area contributed by atoms with Gasteiger partial charge in [0.25, 0.3) is 0 Å². The van der Waals surface area contributed by atoms with Crippen LogP contribution in [0.4, 0.5) is 0 Å². The van der Waals surface area contributed by atoms with Crippen LogP contribution < -0.4 is 4.74 Å². The van der Waals surface area contributed by atoms with Gasteiger partial charge in [0.15, 0.2) is 0 Å². The summed E-state index contributed by atoms with van der Waals surface area (Å²) in [4.78, 5) is 2.55. The number of ether oxygens (including phenoxy) is 1. The summed E-state index contributed by atoms with van der Waals surface area (Å²) in [5, 5.41) is 4.71. The van der Waals surface area contributed by atoms with Crippen LogP contribution in [0.5, 0.6) is 5.75 Å². The summed E-state index contributed by atoms with van der Waals surface area (Å²) in [7, 11) is 3.78.